The van der Waals surface area contributed by atoms with Crippen LogP contribution < -0.4 is 36.5 Å². The number of dihydropyridines is 1. The summed E-state index contributed by atoms with van der Waals surface area (Å²) in [6.07, 6.45) is 21.8. The van der Waals surface area contributed by atoms with Crippen LogP contribution in [0.3, 0.4) is 0 Å². The molecule has 18 heteroatoms. The lowest BCUT2D eigenvalue weighted by molar-refractivity contribution is -0.197. The minimum Gasteiger partial charge on any atom is -0.504 e. The van der Waals surface area contributed by atoms with Gasteiger partial charge < -0.3 is 70.6 Å². The molecule has 448 valence electrons. The van der Waals surface area contributed by atoms with Crippen molar-refractivity contribution in [1.29, 1.82) is 0 Å². The van der Waals surface area contributed by atoms with E-state index >= 15 is 0 Å². The van der Waals surface area contributed by atoms with Crippen LogP contribution in [-0.2, 0) is 33.5 Å². The lowest BCUT2D eigenvalue weighted by atomic mass is 9.51. The minimum atomic E-state index is -1.07. The maximum atomic E-state index is 13.9. The lowest BCUT2D eigenvalue weighted by Crippen LogP contribution is -2.81. The van der Waals surface area contributed by atoms with E-state index in [4.69, 9.17) is 29.7 Å². The van der Waals surface area contributed by atoms with E-state index in [1.165, 1.54) is 24.3 Å². The number of fused-ring (bicyclic) bond motifs is 8. The van der Waals surface area contributed by atoms with Gasteiger partial charge in [0.25, 0.3) is 0 Å². The van der Waals surface area contributed by atoms with Crippen molar-refractivity contribution < 1.29 is 44.2 Å². The first-order valence-electron chi connectivity index (χ1n) is 31.0. The van der Waals surface area contributed by atoms with E-state index in [9.17, 15) is 25.2 Å². The smallest absolute Gasteiger partial charge is 0.302 e. The highest BCUT2D eigenvalue weighted by Gasteiger charge is 2.70. The summed E-state index contributed by atoms with van der Waals surface area (Å²) in [5, 5.41) is 64.9. The highest BCUT2D eigenvalue weighted by Crippen LogP contribution is 2.61. The van der Waals surface area contributed by atoms with Crippen molar-refractivity contribution in [2.45, 2.75) is 152 Å². The molecule has 9 heterocycles. The summed E-state index contributed by atoms with van der Waals surface area (Å²) in [4.78, 5) is 26.4. The number of guanidine groups is 1. The zero-order valence-electron chi connectivity index (χ0n) is 48.6. The molecule has 18 nitrogen and oxygen atoms in total. The number of esters is 1. The number of hydrogen-bond acceptors (Lipinski definition) is 14. The van der Waals surface area contributed by atoms with E-state index in [-0.39, 0.29) is 48.0 Å². The molecule has 0 amide bonds. The Labute approximate surface area is 501 Å². The van der Waals surface area contributed by atoms with E-state index < -0.39 is 76.9 Å². The molecule has 3 aliphatic carbocycles. The Balaban J connectivity index is 0.938. The standard InChI is InChI=1S/C68H77N9O9/c1-40(78)84-57-36-56(45-34-54(80)61(81)59(35-45)83-31-23-42-9-6-27-70-38-42)86-62-48(57)17-15-46-16-18-49-55-13-5-25-68(49)67(64(82)74-50-12-3-2-10-44(50)11-4-24-66(46,62)37-43-14-19-53(79)58(32-43)85-55)26-20-52-47-22-30-71-51(47)39-77(52)63(67)75-65(76-68)73-28-7-8-41-21-29-72-60(69)33-41/h6,9,14-15,17,19,21-22,27,30,32-35,38-39,44,46,48-50,55-57,62-64,71-72,74,79-82H,2-3,5,7-8,10,12-13,20,23-26,28-29,31,36-37,69H2,1H3,(H2,73,75,76). The highest BCUT2D eigenvalue weighted by molar-refractivity contribution is 5.85. The van der Waals surface area contributed by atoms with Gasteiger partial charge in [-0.25, -0.2) is 0 Å². The first-order chi connectivity index (χ1) is 41.9. The topological polar surface area (TPSA) is 255 Å². The van der Waals surface area contributed by atoms with Gasteiger partial charge in [-0.2, -0.15) is 0 Å². The first-order valence-corrected chi connectivity index (χ1v) is 31.0. The van der Waals surface area contributed by atoms with Crippen LogP contribution in [0, 0.1) is 58.2 Å². The number of hydrogen-bond donors (Lipinski definition) is 10. The van der Waals surface area contributed by atoms with Crippen LogP contribution in [0.2, 0.25) is 0 Å². The van der Waals surface area contributed by atoms with Crippen molar-refractivity contribution in [3.05, 3.63) is 131 Å². The van der Waals surface area contributed by atoms with E-state index in [2.05, 4.69) is 90.0 Å². The van der Waals surface area contributed by atoms with Gasteiger partial charge in [-0.15, -0.1) is 5.92 Å². The Kier molecular flexibility index (Phi) is 14.7. The average molecular weight is 1160 g/mol. The number of rotatable bonds is 10. The van der Waals surface area contributed by atoms with Crippen LogP contribution in [0.5, 0.6) is 28.7 Å². The maximum absolute atomic E-state index is 13.9. The second-order valence-corrected chi connectivity index (χ2v) is 25.4. The SMILES string of the molecule is CC(=O)OC1CC(c2cc(O)c(O)c(OCCc3cccnc3)c2)OC2C1C=CC1C#CC3C4CCCC35NC(=NCCCC3=CCNC(N)=C3)NC3n6cc7[nH]ccc7c6CCC35C(O)NC3CCCCC3C#CCC12Cc1ccc(O)c(c1)O4. The number of H-pyrrole nitrogens is 1. The molecule has 2 spiro atoms. The third kappa shape index (κ3) is 9.87. The van der Waals surface area contributed by atoms with E-state index in [0.29, 0.717) is 81.1 Å². The number of aromatic amines is 1. The fraction of sp³-hybridized carbons (Fsp3) is 0.485. The number of benzene rings is 2. The number of aliphatic hydroxyl groups is 1. The molecule has 0 radical (unpaired) electrons. The van der Waals surface area contributed by atoms with Crippen molar-refractivity contribution in [3.8, 4) is 52.4 Å². The Morgan fingerprint density at radius 2 is 1.92 bits per heavy atom. The van der Waals surface area contributed by atoms with Crippen LogP contribution in [0.15, 0.2) is 114 Å². The predicted octanol–water partition coefficient (Wildman–Crippen LogP) is 7.86. The molecule has 5 aromatic rings. The third-order valence-electron chi connectivity index (χ3n) is 20.5. The van der Waals surface area contributed by atoms with Crippen LogP contribution in [0.25, 0.3) is 10.9 Å². The van der Waals surface area contributed by atoms with E-state index in [1.54, 1.807) is 24.5 Å². The number of phenols is 3. The molecular weight excluding hydrogens is 1090 g/mol. The van der Waals surface area contributed by atoms with Crippen molar-refractivity contribution in [2.24, 2.45) is 45.2 Å². The Morgan fingerprint density at radius 1 is 1.01 bits per heavy atom. The number of allylic oxidation sites excluding steroid dienone is 3. The van der Waals surface area contributed by atoms with Gasteiger partial charge in [0.2, 0.25) is 5.75 Å². The number of nitrogens with one attached hydrogen (secondary N) is 5. The lowest BCUT2D eigenvalue weighted by Gasteiger charge is -2.65. The molecule has 14 rings (SSSR count). The summed E-state index contributed by atoms with van der Waals surface area (Å²) >= 11 is 0. The number of aryl methyl sites for hydroxylation is 1. The van der Waals surface area contributed by atoms with Crippen LogP contribution in [-0.4, -0.2) is 103 Å². The molecule has 4 fully saturated rings. The maximum Gasteiger partial charge on any atom is 0.302 e. The van der Waals surface area contributed by atoms with Crippen LogP contribution >= 0.6 is 0 Å². The van der Waals surface area contributed by atoms with Crippen molar-refractivity contribution >= 4 is 22.8 Å². The molecule has 86 heavy (non-hydrogen) atoms. The second-order valence-electron chi connectivity index (χ2n) is 25.4. The molecule has 2 saturated carbocycles. The van der Waals surface area contributed by atoms with E-state index in [1.807, 2.05) is 36.5 Å². The van der Waals surface area contributed by atoms with Gasteiger partial charge in [-0.1, -0.05) is 61.0 Å². The monoisotopic (exact) mass is 1160 g/mol. The summed E-state index contributed by atoms with van der Waals surface area (Å²) in [7, 11) is 0. The molecule has 4 bridgehead atoms. The normalized spacial score (nSPS) is 33.5. The molecule has 11 N–H and O–H groups in total. The molecule has 14 unspecified atom stereocenters. The van der Waals surface area contributed by atoms with Gasteiger partial charge in [-0.05, 0) is 129 Å². The second kappa shape index (κ2) is 22.7. The first kappa shape index (κ1) is 55.8. The number of carbonyl (C=O) groups excluding carboxylic acids is 1. The molecular formula is C68H77N9O9. The predicted molar refractivity (Wildman–Crippen MR) is 323 cm³/mol. The van der Waals surface area contributed by atoms with Gasteiger partial charge in [0.15, 0.2) is 29.0 Å². The number of aromatic nitrogens is 3. The molecule has 6 aliphatic heterocycles. The van der Waals surface area contributed by atoms with Crippen molar-refractivity contribution in [2.75, 3.05) is 19.7 Å². The molecule has 9 aliphatic rings. The summed E-state index contributed by atoms with van der Waals surface area (Å²) < 4.78 is 29.8. The van der Waals surface area contributed by atoms with Gasteiger partial charge in [0.1, 0.15) is 24.6 Å². The molecule has 14 atom stereocenters. The Hall–Kier alpha value is -8.03. The summed E-state index contributed by atoms with van der Waals surface area (Å²) in [6, 6.07) is 14.6. The average Bonchev–Trinajstić information content (AvgIpc) is 1.09. The molecule has 2 saturated heterocycles. The number of carbonyl (C=O) groups is 1. The van der Waals surface area contributed by atoms with Gasteiger partial charge in [0.05, 0.1) is 47.0 Å². The minimum absolute atomic E-state index is 0.00243. The number of nitrogens with zero attached hydrogens (tertiary/aromatic N) is 3. The van der Waals surface area contributed by atoms with Gasteiger partial charge in [0, 0.05) is 104 Å². The van der Waals surface area contributed by atoms with Crippen molar-refractivity contribution in [3.63, 3.8) is 0 Å². The van der Waals surface area contributed by atoms with Crippen LogP contribution in [0.1, 0.15) is 119 Å². The fourth-order valence-corrected chi connectivity index (χ4v) is 16.4. The summed E-state index contributed by atoms with van der Waals surface area (Å²) in [6.45, 7) is 2.83. The summed E-state index contributed by atoms with van der Waals surface area (Å²) in [5.74, 6) is 14.5. The van der Waals surface area contributed by atoms with Crippen molar-refractivity contribution in [1.82, 2.24) is 35.8 Å². The number of aliphatic hydroxyl groups excluding tert-OH is 1. The molecule has 3 aromatic heterocycles. The van der Waals surface area contributed by atoms with Crippen LogP contribution in [0.4, 0.5) is 0 Å². The third-order valence-corrected chi connectivity index (χ3v) is 20.5. The quantitative estimate of drug-likeness (QED) is 0.0210. The fourth-order valence-electron chi connectivity index (χ4n) is 16.4. The Morgan fingerprint density at radius 3 is 2.79 bits per heavy atom. The summed E-state index contributed by atoms with van der Waals surface area (Å²) in [5.41, 5.74) is 9.00. The number of ether oxygens (including phenoxy) is 4. The number of pyridine rings is 1. The largest absolute Gasteiger partial charge is 0.504 e. The number of nitrogens with two attached hydrogens (primary N) is 1. The molecule has 2 aromatic carbocycles. The number of phenolic OH excluding ortho intramolecular Hbond substituents is 3. The number of aromatic hydroxyl groups is 3. The zero-order chi connectivity index (χ0) is 58.7. The number of aliphatic imine (C=N–C) groups is 1. The van der Waals surface area contributed by atoms with E-state index in [0.717, 1.165) is 67.0 Å². The highest BCUT2D eigenvalue weighted by atomic mass is 16.6. The van der Waals surface area contributed by atoms with Gasteiger partial charge in [-0.3, -0.25) is 20.1 Å². The van der Waals surface area contributed by atoms with Gasteiger partial charge >= 0.3 is 5.97 Å². The zero-order valence-corrected chi connectivity index (χ0v) is 48.6. The Bertz CT molecular complexity index is 3680.